The van der Waals surface area contributed by atoms with Crippen molar-refractivity contribution < 1.29 is 0 Å². The Morgan fingerprint density at radius 1 is 1.06 bits per heavy atom. The molecule has 1 fully saturated rings. The maximum atomic E-state index is 3.93. The van der Waals surface area contributed by atoms with E-state index >= 15 is 0 Å². The molecule has 1 aromatic carbocycles. The summed E-state index contributed by atoms with van der Waals surface area (Å²) in [5.74, 6) is 0. The maximum absolute atomic E-state index is 3.93. The van der Waals surface area contributed by atoms with Crippen molar-refractivity contribution >= 4 is 5.69 Å². The fourth-order valence-corrected chi connectivity index (χ4v) is 2.89. The van der Waals surface area contributed by atoms with Crippen molar-refractivity contribution in [3.63, 3.8) is 0 Å². The van der Waals surface area contributed by atoms with Crippen LogP contribution in [0.15, 0.2) is 43.0 Å². The molecule has 0 aromatic heterocycles. The highest BCUT2D eigenvalue weighted by molar-refractivity contribution is 5.45. The Balaban J connectivity index is 2.12. The van der Waals surface area contributed by atoms with Crippen LogP contribution in [0, 0.1) is 0 Å². The molecule has 1 aromatic rings. The van der Waals surface area contributed by atoms with Crippen LogP contribution in [0.4, 0.5) is 5.69 Å². The molecular formula is C16H23N. The fraction of sp³-hybridized carbons (Fsp3) is 0.500. The third-order valence-electron chi connectivity index (χ3n) is 3.78. The first-order chi connectivity index (χ1) is 8.35. The van der Waals surface area contributed by atoms with Crippen molar-refractivity contribution in [2.75, 3.05) is 5.32 Å². The van der Waals surface area contributed by atoms with Gasteiger partial charge in [0.2, 0.25) is 0 Å². The molecule has 0 heterocycles. The summed E-state index contributed by atoms with van der Waals surface area (Å²) in [5.41, 5.74) is 1.50. The van der Waals surface area contributed by atoms with Crippen molar-refractivity contribution in [1.82, 2.24) is 0 Å². The number of benzene rings is 1. The summed E-state index contributed by atoms with van der Waals surface area (Å²) in [5, 5.41) is 3.76. The van der Waals surface area contributed by atoms with Crippen LogP contribution in [0.3, 0.4) is 0 Å². The van der Waals surface area contributed by atoms with E-state index in [0.717, 1.165) is 6.42 Å². The Morgan fingerprint density at radius 3 is 2.29 bits per heavy atom. The Bertz CT molecular complexity index is 334. The number of nitrogens with one attached hydrogen (secondary N) is 1. The van der Waals surface area contributed by atoms with Crippen LogP contribution < -0.4 is 5.32 Å². The molecule has 1 aliphatic rings. The second-order valence-electron chi connectivity index (χ2n) is 5.18. The molecule has 0 aliphatic heterocycles. The molecular weight excluding hydrogens is 206 g/mol. The number of rotatable bonds is 4. The number of anilines is 1. The summed E-state index contributed by atoms with van der Waals surface area (Å²) in [6.07, 6.45) is 11.1. The van der Waals surface area contributed by atoms with Gasteiger partial charge in [0.1, 0.15) is 0 Å². The van der Waals surface area contributed by atoms with Gasteiger partial charge in [-0.2, -0.15) is 0 Å². The van der Waals surface area contributed by atoms with E-state index in [2.05, 4.69) is 48.3 Å². The lowest BCUT2D eigenvalue weighted by molar-refractivity contribution is 0.412. The van der Waals surface area contributed by atoms with Gasteiger partial charge in [-0.3, -0.25) is 0 Å². The van der Waals surface area contributed by atoms with Gasteiger partial charge in [-0.25, -0.2) is 0 Å². The van der Waals surface area contributed by atoms with E-state index in [1.54, 1.807) is 0 Å². The van der Waals surface area contributed by atoms with E-state index < -0.39 is 0 Å². The molecule has 0 radical (unpaired) electrons. The zero-order valence-electron chi connectivity index (χ0n) is 10.6. The Hall–Kier alpha value is -1.24. The van der Waals surface area contributed by atoms with Crippen LogP contribution in [-0.2, 0) is 0 Å². The zero-order chi connectivity index (χ0) is 12.0. The van der Waals surface area contributed by atoms with Gasteiger partial charge in [-0.15, -0.1) is 6.58 Å². The fourth-order valence-electron chi connectivity index (χ4n) is 2.89. The van der Waals surface area contributed by atoms with Gasteiger partial charge in [-0.05, 0) is 31.4 Å². The molecule has 0 spiro atoms. The van der Waals surface area contributed by atoms with E-state index in [1.165, 1.54) is 44.2 Å². The molecule has 1 nitrogen and oxygen atoms in total. The van der Waals surface area contributed by atoms with Crippen LogP contribution in [0.2, 0.25) is 0 Å². The average molecular weight is 229 g/mol. The largest absolute Gasteiger partial charge is 0.379 e. The summed E-state index contributed by atoms with van der Waals surface area (Å²) >= 11 is 0. The van der Waals surface area contributed by atoms with Crippen molar-refractivity contribution in [3.8, 4) is 0 Å². The lowest BCUT2D eigenvalue weighted by atomic mass is 9.86. The standard InChI is InChI=1S/C16H23N/c1-2-12-16(13-8-3-4-9-14-16)17-15-10-6-5-7-11-15/h2,5-7,10-11,17H,1,3-4,8-9,12-14H2. The average Bonchev–Trinajstić information content (AvgIpc) is 2.57. The highest BCUT2D eigenvalue weighted by Gasteiger charge is 2.29. The topological polar surface area (TPSA) is 12.0 Å². The Morgan fingerprint density at radius 2 is 1.71 bits per heavy atom. The van der Waals surface area contributed by atoms with Gasteiger partial charge in [0.05, 0.1) is 0 Å². The first-order valence-corrected chi connectivity index (χ1v) is 6.79. The van der Waals surface area contributed by atoms with E-state index in [-0.39, 0.29) is 5.54 Å². The third-order valence-corrected chi connectivity index (χ3v) is 3.78. The molecule has 0 atom stereocenters. The Kier molecular flexibility index (Phi) is 4.24. The van der Waals surface area contributed by atoms with Crippen LogP contribution in [0.1, 0.15) is 44.9 Å². The molecule has 0 saturated heterocycles. The molecule has 1 saturated carbocycles. The lowest BCUT2D eigenvalue weighted by Crippen LogP contribution is -2.37. The first kappa shape index (κ1) is 12.2. The van der Waals surface area contributed by atoms with Crippen LogP contribution in [0.25, 0.3) is 0 Å². The van der Waals surface area contributed by atoms with Gasteiger partial charge in [-0.1, -0.05) is 50.0 Å². The highest BCUT2D eigenvalue weighted by Crippen LogP contribution is 2.33. The summed E-state index contributed by atoms with van der Waals surface area (Å²) in [4.78, 5) is 0. The predicted octanol–water partition coefficient (Wildman–Crippen LogP) is 4.77. The van der Waals surface area contributed by atoms with Crippen LogP contribution in [0.5, 0.6) is 0 Å². The van der Waals surface area contributed by atoms with Gasteiger partial charge in [0, 0.05) is 11.2 Å². The minimum atomic E-state index is 0.250. The summed E-state index contributed by atoms with van der Waals surface area (Å²) in [6, 6.07) is 10.6. The van der Waals surface area contributed by atoms with E-state index in [9.17, 15) is 0 Å². The predicted molar refractivity (Wildman–Crippen MR) is 75.3 cm³/mol. The van der Waals surface area contributed by atoms with Gasteiger partial charge < -0.3 is 5.32 Å². The molecule has 1 N–H and O–H groups in total. The van der Waals surface area contributed by atoms with Gasteiger partial charge in [0.15, 0.2) is 0 Å². The van der Waals surface area contributed by atoms with E-state index in [4.69, 9.17) is 0 Å². The highest BCUT2D eigenvalue weighted by atomic mass is 15.0. The van der Waals surface area contributed by atoms with Crippen molar-refractivity contribution in [3.05, 3.63) is 43.0 Å². The van der Waals surface area contributed by atoms with Crippen LogP contribution in [-0.4, -0.2) is 5.54 Å². The smallest absolute Gasteiger partial charge is 0.0408 e. The van der Waals surface area contributed by atoms with Crippen molar-refractivity contribution in [2.24, 2.45) is 0 Å². The summed E-state index contributed by atoms with van der Waals surface area (Å²) in [7, 11) is 0. The molecule has 17 heavy (non-hydrogen) atoms. The molecule has 0 amide bonds. The van der Waals surface area contributed by atoms with E-state index in [0.29, 0.717) is 0 Å². The van der Waals surface area contributed by atoms with E-state index in [1.807, 2.05) is 0 Å². The molecule has 92 valence electrons. The molecule has 0 unspecified atom stereocenters. The SMILES string of the molecule is C=CCC1(Nc2ccccc2)CCCCCC1. The van der Waals surface area contributed by atoms with Crippen molar-refractivity contribution in [2.45, 2.75) is 50.5 Å². The molecule has 0 bridgehead atoms. The zero-order valence-corrected chi connectivity index (χ0v) is 10.6. The minimum absolute atomic E-state index is 0.250. The second kappa shape index (κ2) is 5.90. The molecule has 2 rings (SSSR count). The van der Waals surface area contributed by atoms with Crippen molar-refractivity contribution in [1.29, 1.82) is 0 Å². The number of hydrogen-bond acceptors (Lipinski definition) is 1. The monoisotopic (exact) mass is 229 g/mol. The Labute approximate surface area is 105 Å². The maximum Gasteiger partial charge on any atom is 0.0408 e. The third kappa shape index (κ3) is 3.36. The second-order valence-corrected chi connectivity index (χ2v) is 5.18. The number of para-hydroxylation sites is 1. The molecule has 1 aliphatic carbocycles. The summed E-state index contributed by atoms with van der Waals surface area (Å²) in [6.45, 7) is 3.93. The lowest BCUT2D eigenvalue weighted by Gasteiger charge is -2.34. The normalized spacial score (nSPS) is 19.3. The first-order valence-electron chi connectivity index (χ1n) is 6.79. The number of hydrogen-bond donors (Lipinski definition) is 1. The quantitative estimate of drug-likeness (QED) is 0.579. The van der Waals surface area contributed by atoms with Gasteiger partial charge >= 0.3 is 0 Å². The minimum Gasteiger partial charge on any atom is -0.379 e. The summed E-state index contributed by atoms with van der Waals surface area (Å²) < 4.78 is 0. The van der Waals surface area contributed by atoms with Crippen LogP contribution >= 0.6 is 0 Å². The van der Waals surface area contributed by atoms with Gasteiger partial charge in [0.25, 0.3) is 0 Å². The molecule has 1 heteroatoms.